The van der Waals surface area contributed by atoms with Gasteiger partial charge in [-0.1, -0.05) is 23.7 Å². The summed E-state index contributed by atoms with van der Waals surface area (Å²) in [5.74, 6) is 0.955. The number of pyridine rings is 1. The number of aliphatic hydroxyl groups is 1. The number of ether oxygens (including phenoxy) is 1. The lowest BCUT2D eigenvalue weighted by Gasteiger charge is -2.07. The fourth-order valence-electron chi connectivity index (χ4n) is 1.48. The van der Waals surface area contributed by atoms with Crippen LogP contribution in [0.3, 0.4) is 0 Å². The zero-order valence-electron chi connectivity index (χ0n) is 9.64. The first kappa shape index (κ1) is 12.7. The maximum absolute atomic E-state index is 8.82. The maximum Gasteiger partial charge on any atom is 0.238 e. The molecule has 0 spiro atoms. The summed E-state index contributed by atoms with van der Waals surface area (Å²) in [5.41, 5.74) is 7.08. The summed E-state index contributed by atoms with van der Waals surface area (Å²) in [6.07, 6.45) is 2.11. The Hall–Kier alpha value is -1.78. The first-order chi connectivity index (χ1) is 8.69. The van der Waals surface area contributed by atoms with Gasteiger partial charge in [0.15, 0.2) is 0 Å². The summed E-state index contributed by atoms with van der Waals surface area (Å²) in [5, 5.41) is 9.19. The Bertz CT molecular complexity index is 529. The molecule has 5 heteroatoms. The fraction of sp³-hybridized carbons (Fsp3) is 0.154. The van der Waals surface area contributed by atoms with E-state index in [-0.39, 0.29) is 6.61 Å². The minimum atomic E-state index is 0.131. The van der Waals surface area contributed by atoms with Gasteiger partial charge in [0, 0.05) is 6.61 Å². The standard InChI is InChI=1S/C13H13ClN2O2/c14-12-7-10(15)8-16-13(12)18-11-3-1-9(2-4-11)5-6-17/h1-4,7-8,17H,5-6,15H2. The topological polar surface area (TPSA) is 68.4 Å². The number of aliphatic hydroxyl groups excluding tert-OH is 1. The van der Waals surface area contributed by atoms with Crippen molar-refractivity contribution in [2.45, 2.75) is 6.42 Å². The summed E-state index contributed by atoms with van der Waals surface area (Å²) < 4.78 is 5.54. The normalized spacial score (nSPS) is 10.3. The van der Waals surface area contributed by atoms with Crippen LogP contribution in [0.4, 0.5) is 5.69 Å². The van der Waals surface area contributed by atoms with Crippen LogP contribution in [-0.2, 0) is 6.42 Å². The molecule has 1 aromatic heterocycles. The number of hydrogen-bond acceptors (Lipinski definition) is 4. The molecule has 0 aliphatic heterocycles. The minimum absolute atomic E-state index is 0.131. The van der Waals surface area contributed by atoms with Gasteiger partial charge in [-0.15, -0.1) is 0 Å². The lowest BCUT2D eigenvalue weighted by atomic mass is 10.1. The number of aromatic nitrogens is 1. The Labute approximate surface area is 110 Å². The summed E-state index contributed by atoms with van der Waals surface area (Å²) in [4.78, 5) is 4.01. The molecule has 0 aliphatic rings. The average Bonchev–Trinajstić information content (AvgIpc) is 2.35. The number of benzene rings is 1. The van der Waals surface area contributed by atoms with Crippen molar-refractivity contribution in [2.75, 3.05) is 12.3 Å². The van der Waals surface area contributed by atoms with E-state index in [2.05, 4.69) is 4.98 Å². The Balaban J connectivity index is 2.13. The summed E-state index contributed by atoms with van der Waals surface area (Å²) >= 11 is 5.96. The zero-order chi connectivity index (χ0) is 13.0. The minimum Gasteiger partial charge on any atom is -0.438 e. The van der Waals surface area contributed by atoms with Crippen molar-refractivity contribution in [1.29, 1.82) is 0 Å². The first-order valence-electron chi connectivity index (χ1n) is 5.47. The van der Waals surface area contributed by atoms with Gasteiger partial charge in [0.25, 0.3) is 0 Å². The van der Waals surface area contributed by atoms with Crippen molar-refractivity contribution < 1.29 is 9.84 Å². The second-order valence-corrected chi connectivity index (χ2v) is 4.18. The second kappa shape index (κ2) is 5.71. The molecule has 1 heterocycles. The number of nitrogens with zero attached hydrogens (tertiary/aromatic N) is 1. The molecule has 3 N–H and O–H groups in total. The van der Waals surface area contributed by atoms with Crippen molar-refractivity contribution in [1.82, 2.24) is 4.98 Å². The molecule has 0 saturated heterocycles. The van der Waals surface area contributed by atoms with E-state index in [0.29, 0.717) is 28.8 Å². The van der Waals surface area contributed by atoms with Crippen LogP contribution in [0.25, 0.3) is 0 Å². The molecule has 0 bridgehead atoms. The molecular formula is C13H13ClN2O2. The number of anilines is 1. The number of nitrogen functional groups attached to an aromatic ring is 1. The van der Waals surface area contributed by atoms with Crippen LogP contribution in [0.5, 0.6) is 11.6 Å². The third-order valence-corrected chi connectivity index (χ3v) is 2.64. The van der Waals surface area contributed by atoms with E-state index in [9.17, 15) is 0 Å². The molecule has 2 aromatic rings. The summed E-state index contributed by atoms with van der Waals surface area (Å²) in [6.45, 7) is 0.131. The number of hydrogen-bond donors (Lipinski definition) is 2. The van der Waals surface area contributed by atoms with Crippen LogP contribution >= 0.6 is 11.6 Å². The van der Waals surface area contributed by atoms with E-state index in [0.717, 1.165) is 5.56 Å². The lowest BCUT2D eigenvalue weighted by molar-refractivity contribution is 0.299. The van der Waals surface area contributed by atoms with Crippen LogP contribution in [0.2, 0.25) is 5.02 Å². The van der Waals surface area contributed by atoms with Crippen LogP contribution in [0.15, 0.2) is 36.5 Å². The smallest absolute Gasteiger partial charge is 0.238 e. The maximum atomic E-state index is 8.82. The molecular weight excluding hydrogens is 252 g/mol. The van der Waals surface area contributed by atoms with E-state index in [4.69, 9.17) is 27.2 Å². The number of halogens is 1. The fourth-order valence-corrected chi connectivity index (χ4v) is 1.69. The van der Waals surface area contributed by atoms with Crippen molar-refractivity contribution >= 4 is 17.3 Å². The summed E-state index contributed by atoms with van der Waals surface area (Å²) in [6, 6.07) is 8.97. The molecule has 0 amide bonds. The van der Waals surface area contributed by atoms with Crippen LogP contribution in [0, 0.1) is 0 Å². The Morgan fingerprint density at radius 3 is 2.61 bits per heavy atom. The molecule has 2 rings (SSSR count). The van der Waals surface area contributed by atoms with Gasteiger partial charge in [0.1, 0.15) is 10.8 Å². The van der Waals surface area contributed by atoms with E-state index in [1.165, 1.54) is 6.20 Å². The highest BCUT2D eigenvalue weighted by molar-refractivity contribution is 6.32. The molecule has 4 nitrogen and oxygen atoms in total. The number of rotatable bonds is 4. The highest BCUT2D eigenvalue weighted by Crippen LogP contribution is 2.28. The molecule has 0 saturated carbocycles. The molecule has 0 aliphatic carbocycles. The summed E-state index contributed by atoms with van der Waals surface area (Å²) in [7, 11) is 0. The quantitative estimate of drug-likeness (QED) is 0.891. The van der Waals surface area contributed by atoms with Crippen molar-refractivity contribution in [3.05, 3.63) is 47.1 Å². The van der Waals surface area contributed by atoms with Crippen LogP contribution < -0.4 is 10.5 Å². The molecule has 0 fully saturated rings. The number of nitrogens with two attached hydrogens (primary N) is 1. The SMILES string of the molecule is Nc1cnc(Oc2ccc(CCO)cc2)c(Cl)c1. The lowest BCUT2D eigenvalue weighted by Crippen LogP contribution is -1.93. The van der Waals surface area contributed by atoms with Gasteiger partial charge < -0.3 is 15.6 Å². The molecule has 1 aromatic carbocycles. The van der Waals surface area contributed by atoms with Gasteiger partial charge in [0.2, 0.25) is 5.88 Å². The van der Waals surface area contributed by atoms with Crippen molar-refractivity contribution in [3.63, 3.8) is 0 Å². The molecule has 18 heavy (non-hydrogen) atoms. The third-order valence-electron chi connectivity index (χ3n) is 2.37. The van der Waals surface area contributed by atoms with E-state index in [1.54, 1.807) is 18.2 Å². The van der Waals surface area contributed by atoms with Gasteiger partial charge in [0.05, 0.1) is 11.9 Å². The first-order valence-corrected chi connectivity index (χ1v) is 5.85. The van der Waals surface area contributed by atoms with Gasteiger partial charge in [-0.25, -0.2) is 4.98 Å². The predicted octanol–water partition coefficient (Wildman–Crippen LogP) is 2.64. The molecule has 94 valence electrons. The molecule has 0 radical (unpaired) electrons. The van der Waals surface area contributed by atoms with Crippen LogP contribution in [0.1, 0.15) is 5.56 Å². The second-order valence-electron chi connectivity index (χ2n) is 3.78. The van der Waals surface area contributed by atoms with Gasteiger partial charge in [-0.05, 0) is 30.2 Å². The van der Waals surface area contributed by atoms with E-state index < -0.39 is 0 Å². The Kier molecular flexibility index (Phi) is 4.02. The van der Waals surface area contributed by atoms with Crippen LogP contribution in [-0.4, -0.2) is 16.7 Å². The highest BCUT2D eigenvalue weighted by Gasteiger charge is 2.05. The zero-order valence-corrected chi connectivity index (χ0v) is 10.4. The predicted molar refractivity (Wildman–Crippen MR) is 71.0 cm³/mol. The van der Waals surface area contributed by atoms with Gasteiger partial charge >= 0.3 is 0 Å². The van der Waals surface area contributed by atoms with Gasteiger partial charge in [-0.2, -0.15) is 0 Å². The average molecular weight is 265 g/mol. The van der Waals surface area contributed by atoms with Crippen molar-refractivity contribution in [3.8, 4) is 11.6 Å². The van der Waals surface area contributed by atoms with E-state index in [1.807, 2.05) is 12.1 Å². The Morgan fingerprint density at radius 2 is 2.00 bits per heavy atom. The Morgan fingerprint density at radius 1 is 1.28 bits per heavy atom. The molecule has 0 atom stereocenters. The van der Waals surface area contributed by atoms with E-state index >= 15 is 0 Å². The molecule has 0 unspecified atom stereocenters. The van der Waals surface area contributed by atoms with Gasteiger partial charge in [-0.3, -0.25) is 0 Å². The van der Waals surface area contributed by atoms with Crippen molar-refractivity contribution in [2.24, 2.45) is 0 Å². The third kappa shape index (κ3) is 3.12. The monoisotopic (exact) mass is 264 g/mol. The largest absolute Gasteiger partial charge is 0.438 e. The highest BCUT2D eigenvalue weighted by atomic mass is 35.5.